The van der Waals surface area contributed by atoms with Gasteiger partial charge in [-0.05, 0) is 63.5 Å². The summed E-state index contributed by atoms with van der Waals surface area (Å²) >= 11 is 3.40. The Kier molecular flexibility index (Phi) is 7.74. The highest BCUT2D eigenvalue weighted by Gasteiger charge is 2.13. The van der Waals surface area contributed by atoms with Crippen LogP contribution in [0.25, 0.3) is 6.08 Å². The van der Waals surface area contributed by atoms with Gasteiger partial charge in [0.2, 0.25) is 0 Å². The zero-order valence-electron chi connectivity index (χ0n) is 17.4. The largest absolute Gasteiger partial charge is 0.488 e. The molecule has 0 aliphatic heterocycles. The van der Waals surface area contributed by atoms with Crippen LogP contribution in [0, 0.1) is 21.4 Å². The molecular weight excluding hydrogens is 506 g/mol. The second-order valence-corrected chi connectivity index (χ2v) is 7.77. The Morgan fingerprint density at radius 2 is 1.88 bits per heavy atom. The second-order valence-electron chi connectivity index (χ2n) is 6.91. The number of hydrogen-bond acceptors (Lipinski definition) is 6. The number of rotatable bonds is 8. The van der Waals surface area contributed by atoms with Gasteiger partial charge in [0, 0.05) is 17.8 Å². The fourth-order valence-corrected chi connectivity index (χ4v) is 3.35. The molecule has 3 aromatic carbocycles. The molecule has 0 aliphatic carbocycles. The van der Waals surface area contributed by atoms with E-state index < -0.39 is 16.8 Å². The minimum absolute atomic E-state index is 0.183. The van der Waals surface area contributed by atoms with Gasteiger partial charge in [-0.15, -0.1) is 0 Å². The van der Waals surface area contributed by atoms with E-state index in [4.69, 9.17) is 9.84 Å². The van der Waals surface area contributed by atoms with Crippen molar-refractivity contribution in [2.75, 3.05) is 5.32 Å². The molecule has 0 saturated carbocycles. The molecular formula is C24H16BrN3O6. The van der Waals surface area contributed by atoms with Crippen LogP contribution in [-0.4, -0.2) is 21.9 Å². The number of carbonyl (C=O) groups excluding carboxylic acids is 1. The predicted octanol–water partition coefficient (Wildman–Crippen LogP) is 5.18. The van der Waals surface area contributed by atoms with Crippen molar-refractivity contribution in [2.45, 2.75) is 6.61 Å². The molecule has 170 valence electrons. The monoisotopic (exact) mass is 521 g/mol. The third kappa shape index (κ3) is 6.27. The van der Waals surface area contributed by atoms with Crippen LogP contribution in [0.1, 0.15) is 21.5 Å². The lowest BCUT2D eigenvalue weighted by atomic mass is 10.1. The normalized spacial score (nSPS) is 10.8. The number of nitro groups is 1. The Balaban J connectivity index is 1.69. The van der Waals surface area contributed by atoms with Crippen molar-refractivity contribution in [3.05, 3.63) is 104 Å². The summed E-state index contributed by atoms with van der Waals surface area (Å²) in [7, 11) is 0. The number of nitrogens with zero attached hydrogens (tertiary/aromatic N) is 2. The van der Waals surface area contributed by atoms with E-state index in [1.165, 1.54) is 42.5 Å². The van der Waals surface area contributed by atoms with Crippen molar-refractivity contribution in [1.82, 2.24) is 0 Å². The number of aromatic carboxylic acids is 1. The third-order valence-electron chi connectivity index (χ3n) is 4.54. The molecule has 0 fully saturated rings. The molecule has 0 atom stereocenters. The number of carbonyl (C=O) groups is 2. The molecule has 0 aliphatic rings. The van der Waals surface area contributed by atoms with Gasteiger partial charge in [0.15, 0.2) is 0 Å². The van der Waals surface area contributed by atoms with Gasteiger partial charge in [-0.2, -0.15) is 5.26 Å². The summed E-state index contributed by atoms with van der Waals surface area (Å²) in [5.41, 5.74) is 1.34. The lowest BCUT2D eigenvalue weighted by molar-refractivity contribution is -0.384. The topological polar surface area (TPSA) is 143 Å². The summed E-state index contributed by atoms with van der Waals surface area (Å²) in [5, 5.41) is 31.7. The van der Waals surface area contributed by atoms with Crippen molar-refractivity contribution in [3.8, 4) is 11.8 Å². The summed E-state index contributed by atoms with van der Waals surface area (Å²) in [4.78, 5) is 33.7. The Labute approximate surface area is 202 Å². The number of anilines is 1. The smallest absolute Gasteiger partial charge is 0.335 e. The Morgan fingerprint density at radius 1 is 1.15 bits per heavy atom. The van der Waals surface area contributed by atoms with E-state index in [1.54, 1.807) is 30.3 Å². The summed E-state index contributed by atoms with van der Waals surface area (Å²) < 4.78 is 6.34. The van der Waals surface area contributed by atoms with Crippen LogP contribution < -0.4 is 10.1 Å². The number of non-ortho nitro benzene ring substituents is 1. The molecule has 0 heterocycles. The first kappa shape index (κ1) is 24.2. The number of ether oxygens (including phenoxy) is 1. The summed E-state index contributed by atoms with van der Waals surface area (Å²) in [5.74, 6) is -1.20. The first-order valence-corrected chi connectivity index (χ1v) is 10.5. The van der Waals surface area contributed by atoms with Crippen molar-refractivity contribution in [1.29, 1.82) is 5.26 Å². The number of nitrogens with one attached hydrogen (secondary N) is 1. The maximum atomic E-state index is 12.5. The van der Waals surface area contributed by atoms with Gasteiger partial charge in [-0.3, -0.25) is 14.9 Å². The highest BCUT2D eigenvalue weighted by atomic mass is 79.9. The van der Waals surface area contributed by atoms with Crippen molar-refractivity contribution in [2.24, 2.45) is 0 Å². The first-order chi connectivity index (χ1) is 16.3. The van der Waals surface area contributed by atoms with Gasteiger partial charge in [-0.25, -0.2) is 4.79 Å². The minimum atomic E-state index is -1.01. The van der Waals surface area contributed by atoms with Crippen molar-refractivity contribution in [3.63, 3.8) is 0 Å². The van der Waals surface area contributed by atoms with E-state index >= 15 is 0 Å². The highest BCUT2D eigenvalue weighted by Crippen LogP contribution is 2.28. The number of benzene rings is 3. The lowest BCUT2D eigenvalue weighted by Gasteiger charge is -2.09. The zero-order valence-corrected chi connectivity index (χ0v) is 19.0. The van der Waals surface area contributed by atoms with Crippen molar-refractivity contribution < 1.29 is 24.4 Å². The van der Waals surface area contributed by atoms with E-state index in [0.29, 0.717) is 15.8 Å². The lowest BCUT2D eigenvalue weighted by Crippen LogP contribution is -2.13. The molecule has 0 unspecified atom stereocenters. The average molecular weight is 522 g/mol. The van der Waals surface area contributed by atoms with Crippen LogP contribution in [0.3, 0.4) is 0 Å². The van der Waals surface area contributed by atoms with Gasteiger partial charge >= 0.3 is 5.97 Å². The van der Waals surface area contributed by atoms with Crippen LogP contribution in [0.15, 0.2) is 76.8 Å². The molecule has 0 saturated heterocycles. The highest BCUT2D eigenvalue weighted by molar-refractivity contribution is 9.10. The zero-order chi connectivity index (χ0) is 24.7. The summed E-state index contributed by atoms with van der Waals surface area (Å²) in [6.45, 7) is 0.211. The number of carboxylic acids is 1. The molecule has 34 heavy (non-hydrogen) atoms. The number of nitriles is 1. The fourth-order valence-electron chi connectivity index (χ4n) is 2.84. The number of nitro benzene ring substituents is 1. The van der Waals surface area contributed by atoms with E-state index in [-0.39, 0.29) is 29.1 Å². The Hall–Kier alpha value is -4.49. The van der Waals surface area contributed by atoms with Gasteiger partial charge in [-0.1, -0.05) is 24.3 Å². The van der Waals surface area contributed by atoms with Crippen LogP contribution >= 0.6 is 15.9 Å². The van der Waals surface area contributed by atoms with Crippen LogP contribution in [0.2, 0.25) is 0 Å². The van der Waals surface area contributed by atoms with Gasteiger partial charge < -0.3 is 15.2 Å². The Bertz CT molecular complexity index is 1330. The maximum absolute atomic E-state index is 12.5. The average Bonchev–Trinajstić information content (AvgIpc) is 2.82. The summed E-state index contributed by atoms with van der Waals surface area (Å²) in [6, 6.07) is 18.5. The van der Waals surface area contributed by atoms with Crippen molar-refractivity contribution >= 4 is 45.3 Å². The van der Waals surface area contributed by atoms with E-state index in [2.05, 4.69) is 21.2 Å². The SMILES string of the molecule is N#C/C(=C\c1ccc(OCc2ccc(C(=O)O)cc2)c(Br)c1)C(=O)Nc1cccc([N+](=O)[O-])c1. The van der Waals surface area contributed by atoms with Gasteiger partial charge in [0.1, 0.15) is 24.0 Å². The molecule has 3 aromatic rings. The molecule has 10 heteroatoms. The molecule has 2 N–H and O–H groups in total. The molecule has 3 rings (SSSR count). The van der Waals surface area contributed by atoms with Crippen LogP contribution in [-0.2, 0) is 11.4 Å². The van der Waals surface area contributed by atoms with Gasteiger partial charge in [0.05, 0.1) is 15.0 Å². The van der Waals surface area contributed by atoms with Crippen LogP contribution in [0.5, 0.6) is 5.75 Å². The maximum Gasteiger partial charge on any atom is 0.335 e. The van der Waals surface area contributed by atoms with Gasteiger partial charge in [0.25, 0.3) is 11.6 Å². The molecule has 0 radical (unpaired) electrons. The fraction of sp³-hybridized carbons (Fsp3) is 0.0417. The number of hydrogen-bond donors (Lipinski definition) is 2. The van der Waals surface area contributed by atoms with E-state index in [0.717, 1.165) is 5.56 Å². The molecule has 0 aromatic heterocycles. The quantitative estimate of drug-likeness (QED) is 0.180. The molecule has 1 amide bonds. The molecule has 0 spiro atoms. The molecule has 9 nitrogen and oxygen atoms in total. The minimum Gasteiger partial charge on any atom is -0.488 e. The van der Waals surface area contributed by atoms with Crippen LogP contribution in [0.4, 0.5) is 11.4 Å². The standard InChI is InChI=1S/C24H16BrN3O6/c25-21-11-16(6-9-22(21)34-14-15-4-7-17(8-5-15)24(30)31)10-18(13-26)23(29)27-19-2-1-3-20(12-19)28(32)33/h1-12H,14H2,(H,27,29)(H,30,31)/b18-10+. The number of halogens is 1. The van der Waals surface area contributed by atoms with E-state index in [9.17, 15) is 25.0 Å². The summed E-state index contributed by atoms with van der Waals surface area (Å²) in [6.07, 6.45) is 1.38. The molecule has 0 bridgehead atoms. The third-order valence-corrected chi connectivity index (χ3v) is 5.16. The number of carboxylic acid groups (broad SMARTS) is 1. The van der Waals surface area contributed by atoms with E-state index in [1.807, 2.05) is 6.07 Å². The first-order valence-electron chi connectivity index (χ1n) is 9.69. The number of amides is 1. The predicted molar refractivity (Wildman–Crippen MR) is 127 cm³/mol. The second kappa shape index (κ2) is 10.9. The Morgan fingerprint density at radius 3 is 2.50 bits per heavy atom.